The Balaban J connectivity index is 1.10. The molecule has 0 amide bonds. The van der Waals surface area contributed by atoms with Crippen LogP contribution >= 0.6 is 0 Å². The van der Waals surface area contributed by atoms with E-state index in [1.54, 1.807) is 6.07 Å². The predicted octanol–water partition coefficient (Wildman–Crippen LogP) is 18.7. The minimum atomic E-state index is 0.404. The molecule has 11 aromatic rings. The van der Waals surface area contributed by atoms with Crippen LogP contribution in [0.2, 0.25) is 0 Å². The summed E-state index contributed by atoms with van der Waals surface area (Å²) >= 11 is 0. The van der Waals surface area contributed by atoms with Crippen molar-refractivity contribution in [1.29, 1.82) is 0 Å². The molecule has 0 N–H and O–H groups in total. The quantitative estimate of drug-likeness (QED) is 0.140. The molecule has 10 nitrogen and oxygen atoms in total. The minimum Gasteiger partial charge on any atom is -0.453 e. The lowest BCUT2D eigenvalue weighted by atomic mass is 9.98. The van der Waals surface area contributed by atoms with Crippen molar-refractivity contribution in [1.82, 2.24) is 15.0 Å². The van der Waals surface area contributed by atoms with E-state index in [0.717, 1.165) is 73.1 Å². The second-order valence-electron chi connectivity index (χ2n) is 18.1. The first-order valence-electron chi connectivity index (χ1n) is 24.4. The highest BCUT2D eigenvalue weighted by molar-refractivity contribution is 5.97. The maximum atomic E-state index is 7.85. The van der Waals surface area contributed by atoms with Gasteiger partial charge in [-0.15, -0.1) is 0 Å². The lowest BCUT2D eigenvalue weighted by Crippen LogP contribution is -2.17. The summed E-state index contributed by atoms with van der Waals surface area (Å²) in [6.07, 6.45) is 0. The van der Waals surface area contributed by atoms with Crippen LogP contribution in [0, 0.1) is 19.7 Å². The molecular weight excluding hydrogens is 937 g/mol. The molecule has 10 heteroatoms. The zero-order chi connectivity index (χ0) is 51.1. The maximum Gasteiger partial charge on any atom is 0.187 e. The second kappa shape index (κ2) is 18.8. The molecule has 0 atom stereocenters. The van der Waals surface area contributed by atoms with Gasteiger partial charge in [0.15, 0.2) is 57.5 Å². The first kappa shape index (κ1) is 44.8. The summed E-state index contributed by atoms with van der Waals surface area (Å²) in [5.41, 5.74) is 13.9. The molecule has 0 radical (unpaired) electrons. The first-order chi connectivity index (χ1) is 37.5. The Kier molecular flexibility index (Phi) is 11.1. The zero-order valence-electron chi connectivity index (χ0n) is 40.3. The molecule has 0 spiro atoms. The van der Waals surface area contributed by atoms with Crippen molar-refractivity contribution >= 4 is 51.2 Å². The topological polar surface area (TPSA) is 76.7 Å². The molecule has 0 aliphatic carbocycles. The van der Waals surface area contributed by atoms with E-state index in [4.69, 9.17) is 44.1 Å². The average molecular weight is 975 g/mol. The van der Waals surface area contributed by atoms with Gasteiger partial charge in [0.2, 0.25) is 0 Å². The number of aromatic nitrogens is 3. The standard InChI is InChI=1S/C66H38N8O2/c1-67-49-21-13-17-43(37-49)42-16-12-20-48(36-42)64-70-65(52-34-32-46(44-18-14-22-50(38-44)68-2)40-58(52)73-54-24-4-8-28-60(54)75-61-29-9-5-25-55(61)73)72-66(71-64)53-35-33-47(45-19-15-23-51(39-45)69-3)41-59(53)74-56-26-6-10-30-62(56)76-63-31-11-7-27-57(63)74/h4-41H. The molecule has 2 aliphatic heterocycles. The number of ether oxygens (including phenoxy) is 2. The third-order valence-electron chi connectivity index (χ3n) is 13.5. The number of hydrogen-bond donors (Lipinski definition) is 0. The van der Waals surface area contributed by atoms with Gasteiger partial charge in [0.05, 0.1) is 53.8 Å². The van der Waals surface area contributed by atoms with E-state index in [1.807, 2.05) is 206 Å². The number of para-hydroxylation sites is 8. The maximum absolute atomic E-state index is 7.85. The van der Waals surface area contributed by atoms with E-state index in [9.17, 15) is 0 Å². The van der Waals surface area contributed by atoms with Crippen LogP contribution in [-0.4, -0.2) is 15.0 Å². The second-order valence-corrected chi connectivity index (χ2v) is 18.1. The van der Waals surface area contributed by atoms with E-state index < -0.39 is 0 Å². The average Bonchev–Trinajstić information content (AvgIpc) is 3.59. The monoisotopic (exact) mass is 974 g/mol. The van der Waals surface area contributed by atoms with Gasteiger partial charge in [0.1, 0.15) is 0 Å². The van der Waals surface area contributed by atoms with E-state index in [2.05, 4.69) is 42.5 Å². The molecule has 0 bridgehead atoms. The molecule has 354 valence electrons. The Labute approximate surface area is 438 Å². The van der Waals surface area contributed by atoms with Crippen LogP contribution in [0.3, 0.4) is 0 Å². The summed E-state index contributed by atoms with van der Waals surface area (Å²) in [6.45, 7) is 23.4. The molecule has 76 heavy (non-hydrogen) atoms. The highest BCUT2D eigenvalue weighted by atomic mass is 16.5. The van der Waals surface area contributed by atoms with E-state index in [1.165, 1.54) is 0 Å². The fourth-order valence-electron chi connectivity index (χ4n) is 9.95. The summed E-state index contributed by atoms with van der Waals surface area (Å²) in [5, 5.41) is 0. The molecule has 3 heterocycles. The molecular formula is C66H38N8O2. The van der Waals surface area contributed by atoms with E-state index >= 15 is 0 Å². The van der Waals surface area contributed by atoms with Crippen molar-refractivity contribution in [3.63, 3.8) is 0 Å². The first-order valence-corrected chi connectivity index (χ1v) is 24.4. The highest BCUT2D eigenvalue weighted by Crippen LogP contribution is 2.55. The summed E-state index contributed by atoms with van der Waals surface area (Å²) in [4.78, 5) is 32.0. The van der Waals surface area contributed by atoms with Gasteiger partial charge < -0.3 is 19.3 Å². The van der Waals surface area contributed by atoms with Crippen LogP contribution in [0.4, 0.5) is 51.2 Å². The van der Waals surface area contributed by atoms with Crippen LogP contribution < -0.4 is 19.3 Å². The molecule has 0 fully saturated rings. The number of rotatable bonds is 8. The molecule has 0 saturated carbocycles. The van der Waals surface area contributed by atoms with Gasteiger partial charge in [0, 0.05) is 16.7 Å². The Morgan fingerprint density at radius 3 is 0.974 bits per heavy atom. The molecule has 13 rings (SSSR count). The predicted molar refractivity (Wildman–Crippen MR) is 301 cm³/mol. The van der Waals surface area contributed by atoms with Crippen LogP contribution in [0.1, 0.15) is 0 Å². The van der Waals surface area contributed by atoms with Gasteiger partial charge in [-0.05, 0) is 130 Å². The van der Waals surface area contributed by atoms with Gasteiger partial charge in [-0.25, -0.2) is 29.5 Å². The third kappa shape index (κ3) is 8.06. The van der Waals surface area contributed by atoms with E-state index in [-0.39, 0.29) is 0 Å². The smallest absolute Gasteiger partial charge is 0.187 e. The van der Waals surface area contributed by atoms with Crippen LogP contribution in [0.25, 0.3) is 82.1 Å². The minimum absolute atomic E-state index is 0.404. The largest absolute Gasteiger partial charge is 0.453 e. The number of fused-ring (bicyclic) bond motifs is 4. The Morgan fingerprint density at radius 1 is 0.276 bits per heavy atom. The molecule has 1 aromatic heterocycles. The van der Waals surface area contributed by atoms with Gasteiger partial charge in [-0.1, -0.05) is 133 Å². The van der Waals surface area contributed by atoms with Crippen molar-refractivity contribution in [2.24, 2.45) is 0 Å². The van der Waals surface area contributed by atoms with Crippen molar-refractivity contribution in [3.05, 3.63) is 265 Å². The van der Waals surface area contributed by atoms with Crippen LogP contribution in [-0.2, 0) is 0 Å². The molecule has 2 aliphatic rings. The SMILES string of the molecule is [C-]#[N+]c1cccc(-c2cccc(-c3nc(-c4ccc(-c5cccc([N+]#[C-])c5)cc4N4c5ccccc5Oc5ccccc54)nc(-c4ccc(-c5cccc([N+]#[C-])c5)cc4N4c5ccccc5Oc5ccccc54)n3)c2)c1. The van der Waals surface area contributed by atoms with Crippen LogP contribution in [0.5, 0.6) is 23.0 Å². The van der Waals surface area contributed by atoms with Gasteiger partial charge >= 0.3 is 0 Å². The van der Waals surface area contributed by atoms with Gasteiger partial charge in [0.25, 0.3) is 0 Å². The van der Waals surface area contributed by atoms with Crippen molar-refractivity contribution in [3.8, 4) is 90.5 Å². The lowest BCUT2D eigenvalue weighted by Gasteiger charge is -2.34. The Morgan fingerprint density at radius 2 is 0.592 bits per heavy atom. The fraction of sp³-hybridized carbons (Fsp3) is 0. The Bertz CT molecular complexity index is 3970. The fourth-order valence-corrected chi connectivity index (χ4v) is 9.95. The number of hydrogen-bond acceptors (Lipinski definition) is 7. The zero-order valence-corrected chi connectivity index (χ0v) is 40.3. The Hall–Kier alpha value is -11.1. The van der Waals surface area contributed by atoms with Crippen molar-refractivity contribution in [2.45, 2.75) is 0 Å². The summed E-state index contributed by atoms with van der Waals surface area (Å²) in [7, 11) is 0. The summed E-state index contributed by atoms with van der Waals surface area (Å²) in [6, 6.07) is 75.2. The van der Waals surface area contributed by atoms with Crippen molar-refractivity contribution in [2.75, 3.05) is 9.80 Å². The van der Waals surface area contributed by atoms with Crippen LogP contribution in [0.15, 0.2) is 231 Å². The van der Waals surface area contributed by atoms with Gasteiger partial charge in [-0.3, -0.25) is 0 Å². The molecule has 0 saturated heterocycles. The molecule has 10 aromatic carbocycles. The molecule has 0 unspecified atom stereocenters. The van der Waals surface area contributed by atoms with Gasteiger partial charge in [-0.2, -0.15) is 0 Å². The third-order valence-corrected chi connectivity index (χ3v) is 13.5. The summed E-state index contributed by atoms with van der Waals surface area (Å²) in [5.74, 6) is 3.96. The van der Waals surface area contributed by atoms with Crippen molar-refractivity contribution < 1.29 is 9.47 Å². The number of benzene rings is 10. The highest BCUT2D eigenvalue weighted by Gasteiger charge is 2.31. The van der Waals surface area contributed by atoms with E-state index in [0.29, 0.717) is 68.7 Å². The summed E-state index contributed by atoms with van der Waals surface area (Å²) < 4.78 is 13.1. The number of nitrogens with zero attached hydrogens (tertiary/aromatic N) is 8. The lowest BCUT2D eigenvalue weighted by molar-refractivity contribution is 0.477. The number of anilines is 6. The normalized spacial score (nSPS) is 11.8.